The van der Waals surface area contributed by atoms with Gasteiger partial charge in [-0.1, -0.05) is 6.07 Å². The van der Waals surface area contributed by atoms with Crippen molar-refractivity contribution >= 4 is 17.4 Å². The van der Waals surface area contributed by atoms with Gasteiger partial charge in [-0.25, -0.2) is 0 Å². The smallest absolute Gasteiger partial charge is 0.0700 e. The maximum absolute atomic E-state index is 5.83. The van der Waals surface area contributed by atoms with Gasteiger partial charge in [0, 0.05) is 23.4 Å². The van der Waals surface area contributed by atoms with Gasteiger partial charge >= 0.3 is 0 Å². The van der Waals surface area contributed by atoms with Gasteiger partial charge in [0.1, 0.15) is 0 Å². The van der Waals surface area contributed by atoms with Crippen LogP contribution in [0.5, 0.6) is 0 Å². The molecule has 1 aromatic carbocycles. The first kappa shape index (κ1) is 13.4. The zero-order valence-electron chi connectivity index (χ0n) is 9.86. The van der Waals surface area contributed by atoms with Crippen LogP contribution in [0.2, 0.25) is 0 Å². The zero-order valence-corrected chi connectivity index (χ0v) is 10.7. The van der Waals surface area contributed by atoms with Gasteiger partial charge in [-0.2, -0.15) is 0 Å². The predicted octanol–water partition coefficient (Wildman–Crippen LogP) is 2.33. The lowest BCUT2D eigenvalue weighted by atomic mass is 10.2. The molecule has 0 aromatic heterocycles. The molecule has 0 fully saturated rings. The number of nitrogens with two attached hydrogens (primary N) is 1. The molecule has 4 heteroatoms. The van der Waals surface area contributed by atoms with Crippen molar-refractivity contribution in [3.63, 3.8) is 0 Å². The highest BCUT2D eigenvalue weighted by Crippen LogP contribution is 2.25. The number of nitrogen functional groups attached to an aromatic ring is 1. The van der Waals surface area contributed by atoms with E-state index in [0.29, 0.717) is 13.2 Å². The molecule has 0 saturated carbocycles. The Bertz CT molecular complexity index is 318. The van der Waals surface area contributed by atoms with Crippen molar-refractivity contribution in [1.82, 2.24) is 0 Å². The van der Waals surface area contributed by atoms with Crippen molar-refractivity contribution in [2.45, 2.75) is 11.8 Å². The number of methoxy groups -OCH3 is 1. The molecule has 3 nitrogen and oxygen atoms in total. The van der Waals surface area contributed by atoms with E-state index < -0.39 is 0 Å². The summed E-state index contributed by atoms with van der Waals surface area (Å²) < 4.78 is 10.3. The van der Waals surface area contributed by atoms with Crippen LogP contribution in [-0.2, 0) is 9.47 Å². The Morgan fingerprint density at radius 1 is 1.25 bits per heavy atom. The van der Waals surface area contributed by atoms with Gasteiger partial charge < -0.3 is 15.2 Å². The summed E-state index contributed by atoms with van der Waals surface area (Å²) in [5.41, 5.74) is 7.84. The Hall–Kier alpha value is -0.710. The Kier molecular flexibility index (Phi) is 6.30. The first-order valence-corrected chi connectivity index (χ1v) is 6.29. The van der Waals surface area contributed by atoms with E-state index in [2.05, 4.69) is 6.07 Å². The van der Waals surface area contributed by atoms with Gasteiger partial charge in [-0.05, 0) is 24.6 Å². The van der Waals surface area contributed by atoms with Crippen LogP contribution in [0.25, 0.3) is 0 Å². The molecule has 0 atom stereocenters. The molecular formula is C12H19NO2S. The lowest BCUT2D eigenvalue weighted by Gasteiger charge is -2.08. The second kappa shape index (κ2) is 7.54. The maximum Gasteiger partial charge on any atom is 0.0700 e. The van der Waals surface area contributed by atoms with E-state index in [1.807, 2.05) is 19.1 Å². The minimum Gasteiger partial charge on any atom is -0.398 e. The van der Waals surface area contributed by atoms with Crippen LogP contribution in [0.3, 0.4) is 0 Å². The fourth-order valence-corrected chi connectivity index (χ4v) is 2.17. The molecule has 2 N–H and O–H groups in total. The van der Waals surface area contributed by atoms with Crippen LogP contribution in [0.4, 0.5) is 5.69 Å². The van der Waals surface area contributed by atoms with E-state index >= 15 is 0 Å². The summed E-state index contributed by atoms with van der Waals surface area (Å²) in [6.07, 6.45) is 0. The topological polar surface area (TPSA) is 44.5 Å². The summed E-state index contributed by atoms with van der Waals surface area (Å²) >= 11 is 1.77. The highest BCUT2D eigenvalue weighted by atomic mass is 32.2. The van der Waals surface area contributed by atoms with Gasteiger partial charge in [0.25, 0.3) is 0 Å². The number of hydrogen-bond donors (Lipinski definition) is 1. The van der Waals surface area contributed by atoms with Gasteiger partial charge in [0.15, 0.2) is 0 Å². The minimum atomic E-state index is 0.655. The number of hydrogen-bond acceptors (Lipinski definition) is 4. The molecule has 0 spiro atoms. The van der Waals surface area contributed by atoms with E-state index in [4.69, 9.17) is 15.2 Å². The van der Waals surface area contributed by atoms with Gasteiger partial charge in [0.05, 0.1) is 19.8 Å². The lowest BCUT2D eigenvalue weighted by molar-refractivity contribution is 0.0790. The Balaban J connectivity index is 2.24. The third kappa shape index (κ3) is 4.43. The molecule has 0 aliphatic rings. The first-order valence-electron chi connectivity index (χ1n) is 5.30. The second-order valence-electron chi connectivity index (χ2n) is 3.42. The fraction of sp³-hybridized carbons (Fsp3) is 0.500. The van der Waals surface area contributed by atoms with Crippen LogP contribution in [0.1, 0.15) is 5.56 Å². The molecule has 16 heavy (non-hydrogen) atoms. The number of rotatable bonds is 7. The number of ether oxygens (including phenoxy) is 2. The molecule has 0 saturated heterocycles. The van der Waals surface area contributed by atoms with Crippen LogP contribution < -0.4 is 5.73 Å². The van der Waals surface area contributed by atoms with Gasteiger partial charge in [-0.3, -0.25) is 0 Å². The van der Waals surface area contributed by atoms with E-state index in [0.717, 1.165) is 23.6 Å². The molecule has 0 unspecified atom stereocenters. The number of benzene rings is 1. The summed E-state index contributed by atoms with van der Waals surface area (Å²) in [6.45, 7) is 4.10. The maximum atomic E-state index is 5.83. The average molecular weight is 241 g/mol. The number of anilines is 1. The van der Waals surface area contributed by atoms with Crippen LogP contribution >= 0.6 is 11.8 Å². The molecule has 0 aliphatic carbocycles. The van der Waals surface area contributed by atoms with E-state index in [1.54, 1.807) is 18.9 Å². The van der Waals surface area contributed by atoms with Gasteiger partial charge in [-0.15, -0.1) is 11.8 Å². The quantitative estimate of drug-likeness (QED) is 0.452. The number of thioether (sulfide) groups is 1. The highest BCUT2D eigenvalue weighted by molar-refractivity contribution is 7.99. The summed E-state index contributed by atoms with van der Waals surface area (Å²) in [4.78, 5) is 1.23. The van der Waals surface area contributed by atoms with Crippen LogP contribution in [-0.4, -0.2) is 32.7 Å². The average Bonchev–Trinajstić information content (AvgIpc) is 2.29. The molecule has 0 bridgehead atoms. The largest absolute Gasteiger partial charge is 0.398 e. The molecule has 0 amide bonds. The monoisotopic (exact) mass is 241 g/mol. The van der Waals surface area contributed by atoms with Crippen molar-refractivity contribution < 1.29 is 9.47 Å². The molecule has 90 valence electrons. The van der Waals surface area contributed by atoms with Crippen LogP contribution in [0, 0.1) is 6.92 Å². The summed E-state index contributed by atoms with van der Waals surface area (Å²) in [7, 11) is 1.67. The minimum absolute atomic E-state index is 0.655. The SMILES string of the molecule is COCCOCCSc1cccc(N)c1C. The first-order chi connectivity index (χ1) is 7.75. The summed E-state index contributed by atoms with van der Waals surface area (Å²) in [6, 6.07) is 6.00. The molecule has 0 aliphatic heterocycles. The molecule has 0 heterocycles. The molecule has 1 rings (SSSR count). The van der Waals surface area contributed by atoms with Crippen LogP contribution in [0.15, 0.2) is 23.1 Å². The van der Waals surface area contributed by atoms with E-state index in [1.165, 1.54) is 4.90 Å². The van der Waals surface area contributed by atoms with Gasteiger partial charge in [0.2, 0.25) is 0 Å². The van der Waals surface area contributed by atoms with Crippen molar-refractivity contribution in [3.8, 4) is 0 Å². The van der Waals surface area contributed by atoms with Crippen molar-refractivity contribution in [2.75, 3.05) is 38.4 Å². The molecule has 1 aromatic rings. The summed E-state index contributed by atoms with van der Waals surface area (Å²) in [5.74, 6) is 0.938. The third-order valence-corrected chi connectivity index (χ3v) is 3.37. The molecular weight excluding hydrogens is 222 g/mol. The summed E-state index contributed by atoms with van der Waals surface area (Å²) in [5, 5.41) is 0. The van der Waals surface area contributed by atoms with Crippen molar-refractivity contribution in [2.24, 2.45) is 0 Å². The Morgan fingerprint density at radius 2 is 2.06 bits per heavy atom. The normalized spacial score (nSPS) is 10.6. The zero-order chi connectivity index (χ0) is 11.8. The third-order valence-electron chi connectivity index (χ3n) is 2.24. The Morgan fingerprint density at radius 3 is 2.81 bits per heavy atom. The van der Waals surface area contributed by atoms with E-state index in [-0.39, 0.29) is 0 Å². The van der Waals surface area contributed by atoms with E-state index in [9.17, 15) is 0 Å². The lowest BCUT2D eigenvalue weighted by Crippen LogP contribution is -2.04. The predicted molar refractivity (Wildman–Crippen MR) is 69.0 cm³/mol. The second-order valence-corrected chi connectivity index (χ2v) is 4.56. The van der Waals surface area contributed by atoms with Crippen molar-refractivity contribution in [1.29, 1.82) is 0 Å². The molecule has 0 radical (unpaired) electrons. The van der Waals surface area contributed by atoms with Crippen molar-refractivity contribution in [3.05, 3.63) is 23.8 Å². The highest BCUT2D eigenvalue weighted by Gasteiger charge is 2.01. The Labute approximate surface area is 101 Å². The standard InChI is InChI=1S/C12H19NO2S/c1-10-11(13)4-3-5-12(10)16-9-8-15-7-6-14-2/h3-5H,6-9,13H2,1-2H3. The fourth-order valence-electron chi connectivity index (χ4n) is 1.24.